The summed E-state index contributed by atoms with van der Waals surface area (Å²) in [5.41, 5.74) is 6.57. The van der Waals surface area contributed by atoms with E-state index in [9.17, 15) is 18.4 Å². The van der Waals surface area contributed by atoms with Gasteiger partial charge in [-0.05, 0) is 34.7 Å². The van der Waals surface area contributed by atoms with Gasteiger partial charge in [-0.15, -0.1) is 0 Å². The number of carbonyl (C=O) groups excluding carboxylic acids is 2. The number of amides is 1. The molecule has 6 nitrogen and oxygen atoms in total. The van der Waals surface area contributed by atoms with Crippen LogP contribution < -0.4 is 10.5 Å². The van der Waals surface area contributed by atoms with Crippen LogP contribution in [0.5, 0.6) is 5.75 Å². The van der Waals surface area contributed by atoms with Crippen LogP contribution in [0, 0.1) is 0 Å². The Bertz CT molecular complexity index is 998. The molecule has 1 unspecified atom stereocenters. The normalized spacial score (nSPS) is 22.1. The molecule has 2 N–H and O–H groups in total. The second kappa shape index (κ2) is 6.95. The number of aliphatic imine (C=N–C) groups is 1. The lowest BCUT2D eigenvalue weighted by molar-refractivity contribution is -0.129. The molecule has 0 radical (unpaired) electrons. The third-order valence-corrected chi connectivity index (χ3v) is 5.46. The fourth-order valence-electron chi connectivity index (χ4n) is 3.80. The Hall–Kier alpha value is -3.29. The number of likely N-dealkylation sites (N-methyl/N-ethyl adjacent to an activating group) is 1. The van der Waals surface area contributed by atoms with E-state index in [0.29, 0.717) is 24.0 Å². The number of ether oxygens (including phenoxy) is 1. The first-order valence-electron chi connectivity index (χ1n) is 9.12. The molecule has 0 bridgehead atoms. The third kappa shape index (κ3) is 3.14. The van der Waals surface area contributed by atoms with Gasteiger partial charge in [0.15, 0.2) is 11.5 Å². The minimum atomic E-state index is -2.94. The van der Waals surface area contributed by atoms with Gasteiger partial charge < -0.3 is 10.5 Å². The van der Waals surface area contributed by atoms with Crippen LogP contribution in [0.4, 0.5) is 8.78 Å². The molecule has 0 spiro atoms. The van der Waals surface area contributed by atoms with Crippen molar-refractivity contribution in [2.75, 3.05) is 7.05 Å². The highest BCUT2D eigenvalue weighted by Crippen LogP contribution is 2.42. The molecule has 1 amide bonds. The van der Waals surface area contributed by atoms with E-state index in [2.05, 4.69) is 9.73 Å². The Morgan fingerprint density at radius 3 is 2.38 bits per heavy atom. The Morgan fingerprint density at radius 2 is 1.83 bits per heavy atom. The Labute approximate surface area is 166 Å². The molecule has 1 aliphatic heterocycles. The summed E-state index contributed by atoms with van der Waals surface area (Å²) in [4.78, 5) is 30.4. The first-order chi connectivity index (χ1) is 13.8. The van der Waals surface area contributed by atoms with E-state index in [1.54, 1.807) is 6.07 Å². The molecule has 4 rings (SSSR count). The average Bonchev–Trinajstić information content (AvgIpc) is 2.91. The summed E-state index contributed by atoms with van der Waals surface area (Å²) in [6.45, 7) is -2.94. The number of alkyl halides is 2. The molecule has 2 aliphatic rings. The zero-order valence-corrected chi connectivity index (χ0v) is 15.6. The SMILES string of the molecule is CN1C(=O)C(c2ccc(OC(F)F)cc2)(c2cccc(C3CC(=O)C3)c2)N=C1N. The largest absolute Gasteiger partial charge is 0.435 e. The molecule has 1 atom stereocenters. The summed E-state index contributed by atoms with van der Waals surface area (Å²) in [5, 5.41) is 0. The van der Waals surface area contributed by atoms with Gasteiger partial charge in [0.25, 0.3) is 5.91 Å². The molecule has 2 aromatic carbocycles. The van der Waals surface area contributed by atoms with Crippen LogP contribution in [0.25, 0.3) is 0 Å². The second-order valence-corrected chi connectivity index (χ2v) is 7.22. The quantitative estimate of drug-likeness (QED) is 0.838. The maximum Gasteiger partial charge on any atom is 0.387 e. The van der Waals surface area contributed by atoms with Crippen molar-refractivity contribution in [3.05, 3.63) is 65.2 Å². The van der Waals surface area contributed by atoms with Crippen molar-refractivity contribution in [2.45, 2.75) is 30.9 Å². The van der Waals surface area contributed by atoms with E-state index >= 15 is 0 Å². The summed E-state index contributed by atoms with van der Waals surface area (Å²) < 4.78 is 29.3. The number of carbonyl (C=O) groups is 2. The zero-order valence-electron chi connectivity index (χ0n) is 15.6. The molecule has 1 heterocycles. The lowest BCUT2D eigenvalue weighted by atomic mass is 9.76. The number of benzene rings is 2. The zero-order chi connectivity index (χ0) is 20.8. The second-order valence-electron chi connectivity index (χ2n) is 7.22. The summed E-state index contributed by atoms with van der Waals surface area (Å²) in [6.07, 6.45) is 0.963. The van der Waals surface area contributed by atoms with E-state index in [4.69, 9.17) is 5.73 Å². The number of nitrogens with zero attached hydrogens (tertiary/aromatic N) is 2. The van der Waals surface area contributed by atoms with Crippen LogP contribution in [-0.4, -0.2) is 36.2 Å². The van der Waals surface area contributed by atoms with Crippen molar-refractivity contribution < 1.29 is 23.1 Å². The lowest BCUT2D eigenvalue weighted by Crippen LogP contribution is -2.41. The molecule has 8 heteroatoms. The Morgan fingerprint density at radius 1 is 1.14 bits per heavy atom. The van der Waals surface area contributed by atoms with Crippen LogP contribution in [0.2, 0.25) is 0 Å². The number of Topliss-reactive ketones (excluding diaryl/α,β-unsaturated/α-hetero) is 1. The van der Waals surface area contributed by atoms with Crippen molar-refractivity contribution >= 4 is 17.6 Å². The Balaban J connectivity index is 1.80. The van der Waals surface area contributed by atoms with Gasteiger partial charge in [-0.3, -0.25) is 14.5 Å². The molecule has 29 heavy (non-hydrogen) atoms. The van der Waals surface area contributed by atoms with Gasteiger partial charge in [-0.1, -0.05) is 36.4 Å². The summed E-state index contributed by atoms with van der Waals surface area (Å²) in [5.74, 6) is 0.0310. The molecule has 1 saturated carbocycles. The Kier molecular flexibility index (Phi) is 4.56. The van der Waals surface area contributed by atoms with Gasteiger partial charge >= 0.3 is 6.61 Å². The predicted octanol–water partition coefficient (Wildman–Crippen LogP) is 2.76. The van der Waals surface area contributed by atoms with Crippen molar-refractivity contribution in [1.82, 2.24) is 4.90 Å². The molecular formula is C21H19F2N3O3. The van der Waals surface area contributed by atoms with E-state index in [-0.39, 0.29) is 29.3 Å². The van der Waals surface area contributed by atoms with Crippen molar-refractivity contribution in [1.29, 1.82) is 0 Å². The molecule has 150 valence electrons. The number of halogens is 2. The van der Waals surface area contributed by atoms with Crippen LogP contribution >= 0.6 is 0 Å². The van der Waals surface area contributed by atoms with Crippen LogP contribution in [0.15, 0.2) is 53.5 Å². The minimum Gasteiger partial charge on any atom is -0.435 e. The number of rotatable bonds is 5. The van der Waals surface area contributed by atoms with Gasteiger partial charge in [-0.2, -0.15) is 8.78 Å². The molecule has 1 fully saturated rings. The smallest absolute Gasteiger partial charge is 0.387 e. The summed E-state index contributed by atoms with van der Waals surface area (Å²) >= 11 is 0. The summed E-state index contributed by atoms with van der Waals surface area (Å²) in [6, 6.07) is 13.2. The predicted molar refractivity (Wildman–Crippen MR) is 102 cm³/mol. The molecule has 0 saturated heterocycles. The monoisotopic (exact) mass is 399 g/mol. The maximum absolute atomic E-state index is 13.2. The number of hydrogen-bond acceptors (Lipinski definition) is 5. The highest BCUT2D eigenvalue weighted by Gasteiger charge is 2.49. The van der Waals surface area contributed by atoms with Crippen molar-refractivity contribution in [3.63, 3.8) is 0 Å². The highest BCUT2D eigenvalue weighted by molar-refractivity contribution is 6.09. The summed E-state index contributed by atoms with van der Waals surface area (Å²) in [7, 11) is 1.53. The number of nitrogens with two attached hydrogens (primary N) is 1. The van der Waals surface area contributed by atoms with Crippen LogP contribution in [0.1, 0.15) is 35.4 Å². The van der Waals surface area contributed by atoms with E-state index in [1.165, 1.54) is 36.2 Å². The molecular weight excluding hydrogens is 380 g/mol. The number of ketones is 1. The number of hydrogen-bond donors (Lipinski definition) is 1. The topological polar surface area (TPSA) is 85.0 Å². The van der Waals surface area contributed by atoms with Gasteiger partial charge in [-0.25, -0.2) is 4.99 Å². The van der Waals surface area contributed by atoms with Crippen LogP contribution in [-0.2, 0) is 15.1 Å². The first kappa shape index (κ1) is 19.0. The molecule has 0 aromatic heterocycles. The minimum absolute atomic E-state index is 0.0172. The van der Waals surface area contributed by atoms with Crippen molar-refractivity contribution in [3.8, 4) is 5.75 Å². The molecule has 1 aliphatic carbocycles. The van der Waals surface area contributed by atoms with Crippen LogP contribution in [0.3, 0.4) is 0 Å². The number of guanidine groups is 1. The van der Waals surface area contributed by atoms with Gasteiger partial charge in [0.1, 0.15) is 11.5 Å². The van der Waals surface area contributed by atoms with Crippen molar-refractivity contribution in [2.24, 2.45) is 10.7 Å². The fraction of sp³-hybridized carbons (Fsp3) is 0.286. The highest BCUT2D eigenvalue weighted by atomic mass is 19.3. The molecule has 2 aromatic rings. The average molecular weight is 399 g/mol. The van der Waals surface area contributed by atoms with Gasteiger partial charge in [0.2, 0.25) is 0 Å². The fourth-order valence-corrected chi connectivity index (χ4v) is 3.80. The lowest BCUT2D eigenvalue weighted by Gasteiger charge is -2.29. The van der Waals surface area contributed by atoms with E-state index < -0.39 is 12.2 Å². The van der Waals surface area contributed by atoms with E-state index in [0.717, 1.165) is 5.56 Å². The first-order valence-corrected chi connectivity index (χ1v) is 9.12. The van der Waals surface area contributed by atoms with E-state index in [1.807, 2.05) is 18.2 Å². The third-order valence-electron chi connectivity index (χ3n) is 5.46. The van der Waals surface area contributed by atoms with Gasteiger partial charge in [0, 0.05) is 19.9 Å². The standard InChI is InChI=1S/C21H19F2N3O3/c1-26-18(28)21(25-20(26)24,14-5-7-17(8-6-14)29-19(22)23)15-4-2-3-12(9-15)13-10-16(27)11-13/h2-9,13,19H,10-11H2,1H3,(H2,24,25). The maximum atomic E-state index is 13.2. The van der Waals surface area contributed by atoms with Gasteiger partial charge in [0.05, 0.1) is 0 Å².